The quantitative estimate of drug-likeness (QED) is 0.861. The Balaban J connectivity index is 2.18. The zero-order valence-corrected chi connectivity index (χ0v) is 11.2. The van der Waals surface area contributed by atoms with Crippen molar-refractivity contribution in [3.8, 4) is 0 Å². The molecule has 1 unspecified atom stereocenters. The number of hydrogen-bond acceptors (Lipinski definition) is 5. The molecule has 1 aromatic rings. The molecule has 2 heterocycles. The monoisotopic (exact) mass is 293 g/mol. The fourth-order valence-corrected chi connectivity index (χ4v) is 2.98. The minimum Gasteiger partial charge on any atom is -0.336 e. The predicted octanol–water partition coefficient (Wildman–Crippen LogP) is 0.278. The number of amides is 1. The van der Waals surface area contributed by atoms with E-state index in [0.717, 1.165) is 0 Å². The van der Waals surface area contributed by atoms with Crippen molar-refractivity contribution in [2.24, 2.45) is 11.1 Å². The third-order valence-corrected chi connectivity index (χ3v) is 4.06. The summed E-state index contributed by atoms with van der Waals surface area (Å²) in [5.74, 6) is -0.674. The van der Waals surface area contributed by atoms with Crippen molar-refractivity contribution in [1.29, 1.82) is 0 Å². The van der Waals surface area contributed by atoms with Gasteiger partial charge in [0.1, 0.15) is 10.7 Å². The van der Waals surface area contributed by atoms with Crippen LogP contribution in [0.3, 0.4) is 0 Å². The Morgan fingerprint density at radius 2 is 2.28 bits per heavy atom. The first-order valence-corrected chi connectivity index (χ1v) is 7.30. The smallest absolute Gasteiger partial charge is 0.252 e. The van der Waals surface area contributed by atoms with E-state index in [1.807, 2.05) is 0 Å². The first kappa shape index (κ1) is 13.3. The van der Waals surface area contributed by atoms with E-state index < -0.39 is 10.0 Å². The zero-order valence-electron chi connectivity index (χ0n) is 9.59. The van der Waals surface area contributed by atoms with Gasteiger partial charge in [0.15, 0.2) is 0 Å². The summed E-state index contributed by atoms with van der Waals surface area (Å²) in [6.07, 6.45) is 0.104. The summed E-state index contributed by atoms with van der Waals surface area (Å²) in [6.45, 7) is 1.86. The minimum atomic E-state index is -3.60. The highest BCUT2D eigenvalue weighted by Gasteiger charge is 2.36. The van der Waals surface area contributed by atoms with E-state index in [1.165, 1.54) is 4.90 Å². The standard InChI is InChI=1S/C9H12ClN3O4S/c1-5-8(10)9(17-12-5)13-3-6(2-7(13)14)4-18(11,15)16/h6H,2-4H2,1H3,(H2,11,15,16). The van der Waals surface area contributed by atoms with Crippen molar-refractivity contribution in [2.45, 2.75) is 13.3 Å². The van der Waals surface area contributed by atoms with Crippen molar-refractivity contribution < 1.29 is 17.7 Å². The number of anilines is 1. The number of aryl methyl sites for hydroxylation is 1. The molecule has 18 heavy (non-hydrogen) atoms. The van der Waals surface area contributed by atoms with Gasteiger partial charge in [0.05, 0.1) is 5.75 Å². The van der Waals surface area contributed by atoms with Crippen molar-refractivity contribution in [3.05, 3.63) is 10.7 Å². The van der Waals surface area contributed by atoms with Gasteiger partial charge in [-0.05, 0) is 6.92 Å². The molecule has 1 amide bonds. The van der Waals surface area contributed by atoms with Gasteiger partial charge in [0, 0.05) is 18.9 Å². The summed E-state index contributed by atoms with van der Waals surface area (Å²) < 4.78 is 27.0. The van der Waals surface area contributed by atoms with Crippen LogP contribution in [-0.4, -0.2) is 31.8 Å². The highest BCUT2D eigenvalue weighted by molar-refractivity contribution is 7.89. The molecule has 0 bridgehead atoms. The normalized spacial score (nSPS) is 20.7. The van der Waals surface area contributed by atoms with Crippen molar-refractivity contribution in [2.75, 3.05) is 17.2 Å². The Morgan fingerprint density at radius 1 is 1.61 bits per heavy atom. The first-order chi connectivity index (χ1) is 8.28. The van der Waals surface area contributed by atoms with Crippen molar-refractivity contribution in [1.82, 2.24) is 5.16 Å². The minimum absolute atomic E-state index is 0.104. The van der Waals surface area contributed by atoms with Crippen molar-refractivity contribution >= 4 is 33.4 Å². The fourth-order valence-electron chi connectivity index (χ4n) is 1.93. The summed E-state index contributed by atoms with van der Waals surface area (Å²) in [4.78, 5) is 13.1. The van der Waals surface area contributed by atoms with Crippen molar-refractivity contribution in [3.63, 3.8) is 0 Å². The van der Waals surface area contributed by atoms with E-state index in [-0.39, 0.29) is 41.5 Å². The first-order valence-electron chi connectivity index (χ1n) is 5.20. The largest absolute Gasteiger partial charge is 0.336 e. The molecule has 1 atom stereocenters. The van der Waals surface area contributed by atoms with Gasteiger partial charge in [-0.2, -0.15) is 0 Å². The van der Waals surface area contributed by atoms with Gasteiger partial charge in [-0.15, -0.1) is 0 Å². The fraction of sp³-hybridized carbons (Fsp3) is 0.556. The van der Waals surface area contributed by atoms with Gasteiger partial charge in [-0.1, -0.05) is 16.8 Å². The molecule has 100 valence electrons. The van der Waals surface area contributed by atoms with Crippen LogP contribution in [0.2, 0.25) is 5.02 Å². The second-order valence-electron chi connectivity index (χ2n) is 4.29. The van der Waals surface area contributed by atoms with E-state index in [9.17, 15) is 13.2 Å². The molecular weight excluding hydrogens is 282 g/mol. The number of halogens is 1. The number of nitrogens with two attached hydrogens (primary N) is 1. The van der Waals surface area contributed by atoms with Gasteiger partial charge in [0.2, 0.25) is 15.9 Å². The Bertz CT molecular complexity index is 583. The number of hydrogen-bond donors (Lipinski definition) is 1. The highest BCUT2D eigenvalue weighted by atomic mass is 35.5. The van der Waals surface area contributed by atoms with Gasteiger partial charge in [0.25, 0.3) is 5.88 Å². The van der Waals surface area contributed by atoms with Crippen LogP contribution in [0.15, 0.2) is 4.52 Å². The number of nitrogens with zero attached hydrogens (tertiary/aromatic N) is 2. The van der Waals surface area contributed by atoms with Gasteiger partial charge in [-0.25, -0.2) is 13.6 Å². The summed E-state index contributed by atoms with van der Waals surface area (Å²) >= 11 is 5.94. The van der Waals surface area contributed by atoms with E-state index in [1.54, 1.807) is 6.92 Å². The molecule has 2 rings (SSSR count). The summed E-state index contributed by atoms with van der Waals surface area (Å²) in [5.41, 5.74) is 0.481. The van der Waals surface area contributed by atoms with Crippen LogP contribution in [0.25, 0.3) is 0 Å². The Hall–Kier alpha value is -1.12. The lowest BCUT2D eigenvalue weighted by Gasteiger charge is -2.12. The summed E-state index contributed by atoms with van der Waals surface area (Å²) in [6, 6.07) is 0. The van der Waals surface area contributed by atoms with E-state index in [4.69, 9.17) is 21.3 Å². The Kier molecular flexibility index (Phi) is 3.35. The second kappa shape index (κ2) is 4.52. The molecule has 0 radical (unpaired) electrons. The van der Waals surface area contributed by atoms with Crippen LogP contribution < -0.4 is 10.0 Å². The molecule has 0 aromatic carbocycles. The average molecular weight is 294 g/mol. The average Bonchev–Trinajstić information content (AvgIpc) is 2.70. The highest BCUT2D eigenvalue weighted by Crippen LogP contribution is 2.33. The third-order valence-electron chi connectivity index (χ3n) is 2.69. The molecule has 0 aliphatic carbocycles. The van der Waals surface area contributed by atoms with Crippen LogP contribution in [-0.2, 0) is 14.8 Å². The SMILES string of the molecule is Cc1noc(N2CC(CS(N)(=O)=O)CC2=O)c1Cl. The maximum atomic E-state index is 11.8. The van der Waals surface area contributed by atoms with Crippen LogP contribution >= 0.6 is 11.6 Å². The molecule has 9 heteroatoms. The van der Waals surface area contributed by atoms with Gasteiger partial charge in [-0.3, -0.25) is 9.69 Å². The van der Waals surface area contributed by atoms with Gasteiger partial charge < -0.3 is 4.52 Å². The Morgan fingerprint density at radius 3 is 2.78 bits per heavy atom. The lowest BCUT2D eigenvalue weighted by molar-refractivity contribution is -0.117. The second-order valence-corrected chi connectivity index (χ2v) is 6.33. The molecule has 7 nitrogen and oxygen atoms in total. The molecule has 2 N–H and O–H groups in total. The zero-order chi connectivity index (χ0) is 13.5. The molecule has 1 saturated heterocycles. The number of aromatic nitrogens is 1. The van der Waals surface area contributed by atoms with Crippen LogP contribution in [0, 0.1) is 12.8 Å². The van der Waals surface area contributed by atoms with Crippen LogP contribution in [0.1, 0.15) is 12.1 Å². The maximum Gasteiger partial charge on any atom is 0.252 e. The molecular formula is C9H12ClN3O4S. The number of rotatable bonds is 3. The topological polar surface area (TPSA) is 106 Å². The summed E-state index contributed by atoms with van der Waals surface area (Å²) in [5, 5.41) is 8.87. The van der Waals surface area contributed by atoms with Crippen LogP contribution in [0.4, 0.5) is 5.88 Å². The Labute approximate surface area is 109 Å². The number of primary sulfonamides is 1. The molecule has 1 fully saturated rings. The maximum absolute atomic E-state index is 11.8. The molecule has 1 aliphatic heterocycles. The number of carbonyl (C=O) groups is 1. The molecule has 0 saturated carbocycles. The number of carbonyl (C=O) groups excluding carboxylic acids is 1. The van der Waals surface area contributed by atoms with E-state index in [2.05, 4.69) is 5.16 Å². The van der Waals surface area contributed by atoms with Crippen LogP contribution in [0.5, 0.6) is 0 Å². The molecule has 1 aromatic heterocycles. The molecule has 1 aliphatic rings. The van der Waals surface area contributed by atoms with E-state index >= 15 is 0 Å². The van der Waals surface area contributed by atoms with Gasteiger partial charge >= 0.3 is 0 Å². The lowest BCUT2D eigenvalue weighted by atomic mass is 10.1. The van der Waals surface area contributed by atoms with E-state index in [0.29, 0.717) is 5.69 Å². The third kappa shape index (κ3) is 2.65. The summed E-state index contributed by atoms with van der Waals surface area (Å²) in [7, 11) is -3.60. The lowest BCUT2D eigenvalue weighted by Crippen LogP contribution is -2.27. The molecule has 0 spiro atoms. The number of sulfonamides is 1. The predicted molar refractivity (Wildman–Crippen MR) is 64.7 cm³/mol.